The summed E-state index contributed by atoms with van der Waals surface area (Å²) in [5.41, 5.74) is 2.92. The Kier molecular flexibility index (Phi) is 5.36. The second-order valence-corrected chi connectivity index (χ2v) is 4.91. The first-order chi connectivity index (χ1) is 9.69. The third-order valence-electron chi connectivity index (χ3n) is 3.35. The summed E-state index contributed by atoms with van der Waals surface area (Å²) in [6, 6.07) is 17.8. The molecule has 0 radical (unpaired) electrons. The van der Waals surface area contributed by atoms with Crippen LogP contribution >= 0.6 is 0 Å². The fourth-order valence-electron chi connectivity index (χ4n) is 2.23. The van der Waals surface area contributed by atoms with Gasteiger partial charge in [0.1, 0.15) is 0 Å². The minimum atomic E-state index is -1.40. The third kappa shape index (κ3) is 4.20. The van der Waals surface area contributed by atoms with Crippen molar-refractivity contribution in [1.29, 1.82) is 0 Å². The van der Waals surface area contributed by atoms with E-state index in [9.17, 15) is 10.0 Å². The molecule has 104 valence electrons. The van der Waals surface area contributed by atoms with E-state index in [4.69, 9.17) is 0 Å². The van der Waals surface area contributed by atoms with Gasteiger partial charge < -0.3 is 10.0 Å². The van der Waals surface area contributed by atoms with Gasteiger partial charge in [0.05, 0.1) is 0 Å². The molecular formula is C16H20BNO2. The molecule has 0 amide bonds. The standard InChI is InChI=1S/C16H20BNO2/c1-2-18(12-14-7-4-3-5-8-14)13-15-9-6-10-16(11-15)17(19)20/h3-11,19-20H,2,12-13H2,1H3. The van der Waals surface area contributed by atoms with Crippen molar-refractivity contribution in [3.63, 3.8) is 0 Å². The Morgan fingerprint density at radius 3 is 2.20 bits per heavy atom. The van der Waals surface area contributed by atoms with Gasteiger partial charge in [-0.2, -0.15) is 0 Å². The molecule has 0 bridgehead atoms. The summed E-state index contributed by atoms with van der Waals surface area (Å²) in [6.45, 7) is 4.77. The Balaban J connectivity index is 2.04. The average Bonchev–Trinajstić information content (AvgIpc) is 2.48. The van der Waals surface area contributed by atoms with Gasteiger partial charge in [0.25, 0.3) is 0 Å². The molecule has 2 aromatic rings. The van der Waals surface area contributed by atoms with Crippen LogP contribution in [0.5, 0.6) is 0 Å². The van der Waals surface area contributed by atoms with E-state index in [-0.39, 0.29) is 0 Å². The van der Waals surface area contributed by atoms with E-state index in [0.29, 0.717) is 5.46 Å². The average molecular weight is 269 g/mol. The van der Waals surface area contributed by atoms with Gasteiger partial charge in [-0.05, 0) is 23.1 Å². The number of rotatable bonds is 6. The highest BCUT2D eigenvalue weighted by Gasteiger charge is 2.12. The zero-order valence-corrected chi connectivity index (χ0v) is 11.7. The zero-order chi connectivity index (χ0) is 14.4. The molecule has 0 aliphatic heterocycles. The lowest BCUT2D eigenvalue weighted by atomic mass is 9.79. The van der Waals surface area contributed by atoms with E-state index in [1.54, 1.807) is 6.07 Å². The summed E-state index contributed by atoms with van der Waals surface area (Å²) < 4.78 is 0. The molecule has 0 saturated heterocycles. The van der Waals surface area contributed by atoms with E-state index >= 15 is 0 Å². The van der Waals surface area contributed by atoms with Crippen LogP contribution in [0, 0.1) is 0 Å². The molecule has 2 aromatic carbocycles. The van der Waals surface area contributed by atoms with E-state index in [1.807, 2.05) is 36.4 Å². The maximum atomic E-state index is 9.22. The van der Waals surface area contributed by atoms with Crippen LogP contribution < -0.4 is 5.46 Å². The first-order valence-corrected chi connectivity index (χ1v) is 6.90. The summed E-state index contributed by atoms with van der Waals surface area (Å²) >= 11 is 0. The van der Waals surface area contributed by atoms with E-state index < -0.39 is 7.12 Å². The third-order valence-corrected chi connectivity index (χ3v) is 3.35. The first kappa shape index (κ1) is 14.8. The molecule has 0 heterocycles. The molecule has 3 nitrogen and oxygen atoms in total. The SMILES string of the molecule is CCN(Cc1ccccc1)Cc1cccc(B(O)O)c1. The zero-order valence-electron chi connectivity index (χ0n) is 11.7. The topological polar surface area (TPSA) is 43.7 Å². The Hall–Kier alpha value is -1.62. The predicted molar refractivity (Wildman–Crippen MR) is 82.5 cm³/mol. The highest BCUT2D eigenvalue weighted by Crippen LogP contribution is 2.09. The number of nitrogens with zero attached hydrogens (tertiary/aromatic N) is 1. The number of hydrogen-bond donors (Lipinski definition) is 2. The lowest BCUT2D eigenvalue weighted by molar-refractivity contribution is 0.271. The molecule has 0 saturated carbocycles. The van der Waals surface area contributed by atoms with Crippen molar-refractivity contribution in [3.8, 4) is 0 Å². The van der Waals surface area contributed by atoms with Crippen LogP contribution in [-0.4, -0.2) is 28.6 Å². The minimum absolute atomic E-state index is 0.540. The lowest BCUT2D eigenvalue weighted by Crippen LogP contribution is -2.30. The second kappa shape index (κ2) is 7.24. The summed E-state index contributed by atoms with van der Waals surface area (Å²) in [5, 5.41) is 18.4. The van der Waals surface area contributed by atoms with Crippen molar-refractivity contribution in [2.45, 2.75) is 20.0 Å². The molecule has 0 spiro atoms. The normalized spacial score (nSPS) is 10.8. The predicted octanol–water partition coefficient (Wildman–Crippen LogP) is 1.39. The van der Waals surface area contributed by atoms with E-state index in [1.165, 1.54) is 5.56 Å². The van der Waals surface area contributed by atoms with Crippen LogP contribution in [0.15, 0.2) is 54.6 Å². The maximum absolute atomic E-state index is 9.22. The highest BCUT2D eigenvalue weighted by molar-refractivity contribution is 6.58. The van der Waals surface area contributed by atoms with Crippen molar-refractivity contribution < 1.29 is 10.0 Å². The van der Waals surface area contributed by atoms with Crippen molar-refractivity contribution in [2.75, 3.05) is 6.54 Å². The van der Waals surface area contributed by atoms with Crippen molar-refractivity contribution in [3.05, 3.63) is 65.7 Å². The van der Waals surface area contributed by atoms with Crippen LogP contribution in [0.2, 0.25) is 0 Å². The summed E-state index contributed by atoms with van der Waals surface area (Å²) in [7, 11) is -1.40. The highest BCUT2D eigenvalue weighted by atomic mass is 16.4. The maximum Gasteiger partial charge on any atom is 0.488 e. The van der Waals surface area contributed by atoms with Gasteiger partial charge >= 0.3 is 7.12 Å². The van der Waals surface area contributed by atoms with Crippen LogP contribution in [0.1, 0.15) is 18.1 Å². The number of benzene rings is 2. The van der Waals surface area contributed by atoms with Crippen molar-refractivity contribution in [2.24, 2.45) is 0 Å². The fourth-order valence-corrected chi connectivity index (χ4v) is 2.23. The van der Waals surface area contributed by atoms with Gasteiger partial charge in [-0.3, -0.25) is 4.90 Å². The smallest absolute Gasteiger partial charge is 0.423 e. The van der Waals surface area contributed by atoms with Gasteiger partial charge in [-0.25, -0.2) is 0 Å². The van der Waals surface area contributed by atoms with Crippen LogP contribution in [0.4, 0.5) is 0 Å². The van der Waals surface area contributed by atoms with Gasteiger partial charge in [-0.15, -0.1) is 0 Å². The van der Waals surface area contributed by atoms with E-state index in [0.717, 1.165) is 25.2 Å². The molecule has 2 N–H and O–H groups in total. The minimum Gasteiger partial charge on any atom is -0.423 e. The molecule has 0 aliphatic rings. The monoisotopic (exact) mass is 269 g/mol. The number of hydrogen-bond acceptors (Lipinski definition) is 3. The second-order valence-electron chi connectivity index (χ2n) is 4.91. The summed E-state index contributed by atoms with van der Waals surface area (Å²) in [6.07, 6.45) is 0. The Labute approximate surface area is 120 Å². The molecule has 20 heavy (non-hydrogen) atoms. The van der Waals surface area contributed by atoms with Gasteiger partial charge in [0.2, 0.25) is 0 Å². The summed E-state index contributed by atoms with van der Waals surface area (Å²) in [5.74, 6) is 0. The molecule has 4 heteroatoms. The first-order valence-electron chi connectivity index (χ1n) is 6.90. The van der Waals surface area contributed by atoms with Gasteiger partial charge in [-0.1, -0.05) is 61.5 Å². The molecule has 0 fully saturated rings. The molecule has 0 aliphatic carbocycles. The molecule has 2 rings (SSSR count). The molecule has 0 unspecified atom stereocenters. The molecule has 0 aromatic heterocycles. The Morgan fingerprint density at radius 2 is 1.55 bits per heavy atom. The van der Waals surface area contributed by atoms with Gasteiger partial charge in [0, 0.05) is 13.1 Å². The van der Waals surface area contributed by atoms with Crippen LogP contribution in [0.25, 0.3) is 0 Å². The largest absolute Gasteiger partial charge is 0.488 e. The molecule has 0 atom stereocenters. The van der Waals surface area contributed by atoms with Crippen molar-refractivity contribution >= 4 is 12.6 Å². The fraction of sp³-hybridized carbons (Fsp3) is 0.250. The van der Waals surface area contributed by atoms with Crippen molar-refractivity contribution in [1.82, 2.24) is 4.90 Å². The molecular weight excluding hydrogens is 249 g/mol. The Morgan fingerprint density at radius 1 is 0.900 bits per heavy atom. The lowest BCUT2D eigenvalue weighted by Gasteiger charge is -2.21. The Bertz CT molecular complexity index is 531. The quantitative estimate of drug-likeness (QED) is 0.779. The summed E-state index contributed by atoms with van der Waals surface area (Å²) in [4.78, 5) is 2.32. The van der Waals surface area contributed by atoms with Crippen LogP contribution in [-0.2, 0) is 13.1 Å². The van der Waals surface area contributed by atoms with Gasteiger partial charge in [0.15, 0.2) is 0 Å². The van der Waals surface area contributed by atoms with Crippen LogP contribution in [0.3, 0.4) is 0 Å². The van der Waals surface area contributed by atoms with E-state index in [2.05, 4.69) is 24.0 Å².